The molecule has 4 fully saturated rings. The number of piperidine rings is 2. The van der Waals surface area contributed by atoms with E-state index in [2.05, 4.69) is 35.6 Å². The van der Waals surface area contributed by atoms with Crippen LogP contribution in [0.2, 0.25) is 0 Å². The minimum atomic E-state index is 0.708. The zero-order valence-corrected chi connectivity index (χ0v) is 17.8. The van der Waals surface area contributed by atoms with Crippen LogP contribution >= 0.6 is 0 Å². The average molecular weight is 362 g/mol. The molecule has 0 radical (unpaired) electrons. The van der Waals surface area contributed by atoms with Gasteiger partial charge in [-0.05, 0) is 94.9 Å². The fourth-order valence-electron chi connectivity index (χ4n) is 6.63. The van der Waals surface area contributed by atoms with Gasteiger partial charge in [-0.15, -0.1) is 0 Å². The van der Waals surface area contributed by atoms with Crippen LogP contribution in [0.15, 0.2) is 0 Å². The van der Waals surface area contributed by atoms with Crippen LogP contribution in [0.4, 0.5) is 0 Å². The molecule has 1 aliphatic carbocycles. The number of likely N-dealkylation sites (tertiary alicyclic amines) is 3. The van der Waals surface area contributed by atoms with E-state index in [1.165, 1.54) is 104 Å². The van der Waals surface area contributed by atoms with Crippen molar-refractivity contribution in [2.24, 2.45) is 16.7 Å². The maximum Gasteiger partial charge on any atom is 0.0120 e. The molecule has 0 N–H and O–H groups in total. The van der Waals surface area contributed by atoms with E-state index in [1.54, 1.807) is 0 Å². The molecule has 3 heterocycles. The SMILES string of the molecule is CCCC(C)CC1(CN2CCC(N3CCC4(CC3)CN(C)C4)CC2)CC1. The molecule has 0 aromatic carbocycles. The molecule has 3 nitrogen and oxygen atoms in total. The zero-order chi connectivity index (χ0) is 18.2. The summed E-state index contributed by atoms with van der Waals surface area (Å²) >= 11 is 0. The molecule has 3 heteroatoms. The minimum Gasteiger partial charge on any atom is -0.305 e. The summed E-state index contributed by atoms with van der Waals surface area (Å²) in [7, 11) is 2.28. The van der Waals surface area contributed by atoms with Crippen LogP contribution in [0.5, 0.6) is 0 Å². The van der Waals surface area contributed by atoms with Crippen molar-refractivity contribution in [2.75, 3.05) is 52.9 Å². The molecule has 4 aliphatic rings. The van der Waals surface area contributed by atoms with E-state index in [9.17, 15) is 0 Å². The van der Waals surface area contributed by atoms with Crippen LogP contribution in [-0.2, 0) is 0 Å². The van der Waals surface area contributed by atoms with E-state index in [0.29, 0.717) is 5.41 Å². The van der Waals surface area contributed by atoms with Gasteiger partial charge in [0.1, 0.15) is 0 Å². The van der Waals surface area contributed by atoms with Crippen LogP contribution in [0, 0.1) is 16.7 Å². The number of hydrogen-bond donors (Lipinski definition) is 0. The maximum atomic E-state index is 2.86. The Hall–Kier alpha value is -0.120. The van der Waals surface area contributed by atoms with E-state index in [-0.39, 0.29) is 0 Å². The highest BCUT2D eigenvalue weighted by atomic mass is 15.2. The van der Waals surface area contributed by atoms with Gasteiger partial charge in [-0.3, -0.25) is 0 Å². The summed E-state index contributed by atoms with van der Waals surface area (Å²) in [6.07, 6.45) is 13.0. The van der Waals surface area contributed by atoms with Gasteiger partial charge in [0.25, 0.3) is 0 Å². The zero-order valence-electron chi connectivity index (χ0n) is 17.8. The minimum absolute atomic E-state index is 0.708. The normalized spacial score (nSPS) is 31.0. The Balaban J connectivity index is 1.18. The van der Waals surface area contributed by atoms with Crippen molar-refractivity contribution in [3.8, 4) is 0 Å². The van der Waals surface area contributed by atoms with Gasteiger partial charge in [0.05, 0.1) is 0 Å². The molecule has 4 rings (SSSR count). The van der Waals surface area contributed by atoms with Gasteiger partial charge in [0.15, 0.2) is 0 Å². The van der Waals surface area contributed by atoms with Gasteiger partial charge in [-0.1, -0.05) is 26.7 Å². The van der Waals surface area contributed by atoms with E-state index >= 15 is 0 Å². The molecule has 0 bridgehead atoms. The Kier molecular flexibility index (Phi) is 5.70. The average Bonchev–Trinajstić information content (AvgIpc) is 3.34. The molecular formula is C23H43N3. The third-order valence-electron chi connectivity index (χ3n) is 8.22. The van der Waals surface area contributed by atoms with Gasteiger partial charge in [0.2, 0.25) is 0 Å². The van der Waals surface area contributed by atoms with Gasteiger partial charge in [-0.2, -0.15) is 0 Å². The summed E-state index contributed by atoms with van der Waals surface area (Å²) in [4.78, 5) is 8.19. The van der Waals surface area contributed by atoms with Crippen molar-refractivity contribution >= 4 is 0 Å². The summed E-state index contributed by atoms with van der Waals surface area (Å²) in [5.41, 5.74) is 1.43. The second-order valence-corrected chi connectivity index (χ2v) is 10.8. The van der Waals surface area contributed by atoms with Gasteiger partial charge in [-0.25, -0.2) is 0 Å². The topological polar surface area (TPSA) is 9.72 Å². The van der Waals surface area contributed by atoms with E-state index in [0.717, 1.165) is 17.4 Å². The van der Waals surface area contributed by atoms with Crippen molar-refractivity contribution in [3.05, 3.63) is 0 Å². The Morgan fingerprint density at radius 3 is 2.15 bits per heavy atom. The van der Waals surface area contributed by atoms with Gasteiger partial charge >= 0.3 is 0 Å². The summed E-state index contributed by atoms with van der Waals surface area (Å²) in [5.74, 6) is 0.936. The Morgan fingerprint density at radius 1 is 0.962 bits per heavy atom. The summed E-state index contributed by atoms with van der Waals surface area (Å²) in [5, 5.41) is 0. The Labute approximate surface area is 162 Å². The molecule has 0 amide bonds. The number of rotatable bonds is 7. The summed E-state index contributed by atoms with van der Waals surface area (Å²) in [6.45, 7) is 14.4. The fourth-order valence-corrected chi connectivity index (χ4v) is 6.63. The molecule has 1 saturated carbocycles. The van der Waals surface area contributed by atoms with Crippen LogP contribution in [0.1, 0.15) is 71.6 Å². The van der Waals surface area contributed by atoms with E-state index in [4.69, 9.17) is 0 Å². The van der Waals surface area contributed by atoms with Crippen molar-refractivity contribution in [1.82, 2.24) is 14.7 Å². The molecule has 3 saturated heterocycles. The van der Waals surface area contributed by atoms with Crippen molar-refractivity contribution in [2.45, 2.75) is 77.7 Å². The van der Waals surface area contributed by atoms with Crippen LogP contribution in [-0.4, -0.2) is 73.6 Å². The highest BCUT2D eigenvalue weighted by molar-refractivity contribution is 4.99. The molecule has 1 atom stereocenters. The molecule has 3 aliphatic heterocycles. The van der Waals surface area contributed by atoms with Crippen LogP contribution in [0.3, 0.4) is 0 Å². The second kappa shape index (κ2) is 7.72. The van der Waals surface area contributed by atoms with E-state index < -0.39 is 0 Å². The summed E-state index contributed by atoms with van der Waals surface area (Å²) < 4.78 is 0. The Bertz CT molecular complexity index is 448. The van der Waals surface area contributed by atoms with Crippen molar-refractivity contribution < 1.29 is 0 Å². The predicted octanol–water partition coefficient (Wildman–Crippen LogP) is 4.08. The van der Waals surface area contributed by atoms with Gasteiger partial charge < -0.3 is 14.7 Å². The van der Waals surface area contributed by atoms with Crippen molar-refractivity contribution in [1.29, 1.82) is 0 Å². The van der Waals surface area contributed by atoms with Gasteiger partial charge in [0, 0.05) is 25.7 Å². The van der Waals surface area contributed by atoms with Crippen LogP contribution in [0.25, 0.3) is 0 Å². The molecule has 0 aromatic rings. The number of hydrogen-bond acceptors (Lipinski definition) is 3. The summed E-state index contributed by atoms with van der Waals surface area (Å²) in [6, 6.07) is 0.885. The first-order chi connectivity index (χ1) is 12.5. The van der Waals surface area contributed by atoms with Crippen LogP contribution < -0.4 is 0 Å². The van der Waals surface area contributed by atoms with Crippen molar-refractivity contribution in [3.63, 3.8) is 0 Å². The quantitative estimate of drug-likeness (QED) is 0.676. The standard InChI is InChI=1S/C23H43N3/c1-4-5-20(2)16-22(8-9-22)19-25-12-6-21(7-13-25)26-14-10-23(11-15-26)17-24(3)18-23/h20-21H,4-19H2,1-3H3. The lowest BCUT2D eigenvalue weighted by Crippen LogP contribution is -2.60. The third kappa shape index (κ3) is 4.31. The lowest BCUT2D eigenvalue weighted by molar-refractivity contribution is -0.0461. The molecule has 0 aromatic heterocycles. The lowest BCUT2D eigenvalue weighted by Gasteiger charge is -2.54. The molecule has 150 valence electrons. The molecule has 1 unspecified atom stereocenters. The molecule has 1 spiro atoms. The first-order valence-corrected chi connectivity index (χ1v) is 11.7. The predicted molar refractivity (Wildman–Crippen MR) is 111 cm³/mol. The highest BCUT2D eigenvalue weighted by Gasteiger charge is 2.46. The third-order valence-corrected chi connectivity index (χ3v) is 8.22. The second-order valence-electron chi connectivity index (χ2n) is 10.8. The highest BCUT2D eigenvalue weighted by Crippen LogP contribution is 2.52. The first-order valence-electron chi connectivity index (χ1n) is 11.7. The largest absolute Gasteiger partial charge is 0.305 e. The molecular weight excluding hydrogens is 318 g/mol. The van der Waals surface area contributed by atoms with E-state index in [1.807, 2.05) is 0 Å². The smallest absolute Gasteiger partial charge is 0.0120 e. The first kappa shape index (κ1) is 19.2. The monoisotopic (exact) mass is 361 g/mol. The molecule has 26 heavy (non-hydrogen) atoms. The lowest BCUT2D eigenvalue weighted by atomic mass is 9.72. The maximum absolute atomic E-state index is 2.86. The number of nitrogens with zero attached hydrogens (tertiary/aromatic N) is 3. The fraction of sp³-hybridized carbons (Fsp3) is 1.00. The Morgan fingerprint density at radius 2 is 1.62 bits per heavy atom.